The average molecular weight is 353 g/mol. The van der Waals surface area contributed by atoms with Gasteiger partial charge < -0.3 is 9.50 Å². The SMILES string of the molecule is CC(=O)NCc1ccc(S(=O)(=O)Oc2cccc(C(C)C)c2)s1. The van der Waals surface area contributed by atoms with Crippen molar-refractivity contribution in [1.82, 2.24) is 5.32 Å². The van der Waals surface area contributed by atoms with Crippen LogP contribution in [0, 0.1) is 0 Å². The van der Waals surface area contributed by atoms with Gasteiger partial charge in [0.1, 0.15) is 5.75 Å². The Bertz CT molecular complexity index is 794. The standard InChI is InChI=1S/C16H19NO4S2/c1-11(2)13-5-4-6-14(9-13)21-23(19,20)16-8-7-15(22-16)10-17-12(3)18/h4-9,11H,10H2,1-3H3,(H,17,18). The molecule has 0 aliphatic rings. The summed E-state index contributed by atoms with van der Waals surface area (Å²) in [5, 5.41) is 2.63. The number of thiophene rings is 1. The molecule has 1 aromatic carbocycles. The maximum absolute atomic E-state index is 12.3. The van der Waals surface area contributed by atoms with E-state index in [1.54, 1.807) is 24.3 Å². The van der Waals surface area contributed by atoms with Crippen molar-refractivity contribution < 1.29 is 17.4 Å². The Labute approximate surface area is 140 Å². The van der Waals surface area contributed by atoms with Gasteiger partial charge in [-0.3, -0.25) is 4.79 Å². The van der Waals surface area contributed by atoms with E-state index < -0.39 is 10.1 Å². The Balaban J connectivity index is 2.15. The summed E-state index contributed by atoms with van der Waals surface area (Å²) in [6, 6.07) is 10.2. The molecule has 0 radical (unpaired) electrons. The van der Waals surface area contributed by atoms with Gasteiger partial charge in [-0.05, 0) is 35.7 Å². The summed E-state index contributed by atoms with van der Waals surface area (Å²) < 4.78 is 30.0. The fourth-order valence-corrected chi connectivity index (χ4v) is 4.07. The number of rotatable bonds is 6. The third-order valence-electron chi connectivity index (χ3n) is 3.13. The van der Waals surface area contributed by atoms with Crippen molar-refractivity contribution in [3.05, 3.63) is 46.8 Å². The molecule has 0 aliphatic heterocycles. The first-order chi connectivity index (χ1) is 10.8. The predicted octanol–water partition coefficient (Wildman–Crippen LogP) is 3.28. The quantitative estimate of drug-likeness (QED) is 0.809. The Kier molecular flexibility index (Phi) is 5.43. The molecule has 1 heterocycles. The number of benzene rings is 1. The second-order valence-corrected chi connectivity index (χ2v) is 8.34. The lowest BCUT2D eigenvalue weighted by molar-refractivity contribution is -0.119. The van der Waals surface area contributed by atoms with E-state index >= 15 is 0 Å². The van der Waals surface area contributed by atoms with Crippen LogP contribution in [0.4, 0.5) is 0 Å². The number of carbonyl (C=O) groups is 1. The Morgan fingerprint density at radius 3 is 2.65 bits per heavy atom. The molecule has 0 aliphatic carbocycles. The average Bonchev–Trinajstić information content (AvgIpc) is 2.94. The summed E-state index contributed by atoms with van der Waals surface area (Å²) in [6.45, 7) is 5.77. The van der Waals surface area contributed by atoms with Crippen LogP contribution in [0.2, 0.25) is 0 Å². The van der Waals surface area contributed by atoms with Crippen molar-refractivity contribution >= 4 is 27.4 Å². The van der Waals surface area contributed by atoms with E-state index in [9.17, 15) is 13.2 Å². The minimum atomic E-state index is -3.87. The predicted molar refractivity (Wildman–Crippen MR) is 90.2 cm³/mol. The van der Waals surface area contributed by atoms with Crippen LogP contribution >= 0.6 is 11.3 Å². The molecule has 0 atom stereocenters. The molecule has 0 saturated carbocycles. The first-order valence-corrected chi connectivity index (χ1v) is 9.38. The molecule has 1 N–H and O–H groups in total. The molecule has 0 saturated heterocycles. The van der Waals surface area contributed by atoms with Crippen molar-refractivity contribution in [2.75, 3.05) is 0 Å². The van der Waals surface area contributed by atoms with Crippen LogP contribution in [-0.2, 0) is 21.5 Å². The minimum absolute atomic E-state index is 0.118. The summed E-state index contributed by atoms with van der Waals surface area (Å²) in [4.78, 5) is 11.6. The van der Waals surface area contributed by atoms with Gasteiger partial charge in [-0.2, -0.15) is 8.42 Å². The van der Waals surface area contributed by atoms with Gasteiger partial charge in [0.15, 0.2) is 4.21 Å². The lowest BCUT2D eigenvalue weighted by Gasteiger charge is -2.09. The van der Waals surface area contributed by atoms with E-state index in [1.165, 1.54) is 13.0 Å². The molecule has 5 nitrogen and oxygen atoms in total. The van der Waals surface area contributed by atoms with E-state index in [0.29, 0.717) is 12.3 Å². The molecule has 0 spiro atoms. The normalized spacial score (nSPS) is 11.5. The number of hydrogen-bond acceptors (Lipinski definition) is 5. The molecule has 124 valence electrons. The molecule has 7 heteroatoms. The zero-order valence-electron chi connectivity index (χ0n) is 13.2. The van der Waals surface area contributed by atoms with Crippen molar-refractivity contribution in [1.29, 1.82) is 0 Å². The maximum atomic E-state index is 12.3. The molecule has 1 amide bonds. The molecule has 0 fully saturated rings. The monoisotopic (exact) mass is 353 g/mol. The highest BCUT2D eigenvalue weighted by atomic mass is 32.3. The third kappa shape index (κ3) is 4.80. The molecule has 0 bridgehead atoms. The van der Waals surface area contributed by atoms with E-state index in [4.69, 9.17) is 4.18 Å². The molecule has 1 aromatic heterocycles. The zero-order valence-corrected chi connectivity index (χ0v) is 14.8. The Hall–Kier alpha value is -1.86. The van der Waals surface area contributed by atoms with Crippen molar-refractivity contribution in [3.8, 4) is 5.75 Å². The summed E-state index contributed by atoms with van der Waals surface area (Å²) in [5.41, 5.74) is 1.01. The first-order valence-electron chi connectivity index (χ1n) is 7.15. The maximum Gasteiger partial charge on any atom is 0.348 e. The summed E-state index contributed by atoms with van der Waals surface area (Å²) >= 11 is 1.08. The van der Waals surface area contributed by atoms with Gasteiger partial charge in [0.05, 0.1) is 6.54 Å². The number of amides is 1. The first kappa shape index (κ1) is 17.5. The molecule has 2 rings (SSSR count). The van der Waals surface area contributed by atoms with Gasteiger partial charge in [0.2, 0.25) is 5.91 Å². The van der Waals surface area contributed by atoms with Crippen LogP contribution in [0.15, 0.2) is 40.6 Å². The Morgan fingerprint density at radius 1 is 1.26 bits per heavy atom. The fourth-order valence-electron chi connectivity index (χ4n) is 1.89. The highest BCUT2D eigenvalue weighted by molar-refractivity contribution is 7.89. The molecular weight excluding hydrogens is 334 g/mol. The number of carbonyl (C=O) groups excluding carboxylic acids is 1. The van der Waals surface area contributed by atoms with Crippen LogP contribution in [0.25, 0.3) is 0 Å². The minimum Gasteiger partial charge on any atom is -0.378 e. The Morgan fingerprint density at radius 2 is 2.00 bits per heavy atom. The summed E-state index contributed by atoms with van der Waals surface area (Å²) in [5.74, 6) is 0.421. The largest absolute Gasteiger partial charge is 0.378 e. The lowest BCUT2D eigenvalue weighted by Crippen LogP contribution is -2.18. The van der Waals surface area contributed by atoms with Gasteiger partial charge in [-0.1, -0.05) is 26.0 Å². The van der Waals surface area contributed by atoms with Gasteiger partial charge >= 0.3 is 10.1 Å². The van der Waals surface area contributed by atoms with Crippen LogP contribution in [0.3, 0.4) is 0 Å². The smallest absolute Gasteiger partial charge is 0.348 e. The van der Waals surface area contributed by atoms with Gasteiger partial charge in [0.25, 0.3) is 0 Å². The second kappa shape index (κ2) is 7.14. The van der Waals surface area contributed by atoms with Gasteiger partial charge in [-0.15, -0.1) is 11.3 Å². The highest BCUT2D eigenvalue weighted by Crippen LogP contribution is 2.27. The lowest BCUT2D eigenvalue weighted by atomic mass is 10.0. The summed E-state index contributed by atoms with van der Waals surface area (Å²) in [6.07, 6.45) is 0. The van der Waals surface area contributed by atoms with E-state index in [2.05, 4.69) is 5.32 Å². The van der Waals surface area contributed by atoms with Gasteiger partial charge in [-0.25, -0.2) is 0 Å². The van der Waals surface area contributed by atoms with Crippen molar-refractivity contribution in [2.24, 2.45) is 0 Å². The molecular formula is C16H19NO4S2. The second-order valence-electron chi connectivity index (χ2n) is 5.40. The van der Waals surface area contributed by atoms with Gasteiger partial charge in [0, 0.05) is 11.8 Å². The van der Waals surface area contributed by atoms with Crippen molar-refractivity contribution in [3.63, 3.8) is 0 Å². The number of hydrogen-bond donors (Lipinski definition) is 1. The summed E-state index contributed by atoms with van der Waals surface area (Å²) in [7, 11) is -3.87. The van der Waals surface area contributed by atoms with Crippen LogP contribution < -0.4 is 9.50 Å². The zero-order chi connectivity index (χ0) is 17.0. The van der Waals surface area contributed by atoms with Crippen LogP contribution in [0.1, 0.15) is 37.1 Å². The van der Waals surface area contributed by atoms with Crippen LogP contribution in [0.5, 0.6) is 5.75 Å². The molecule has 2 aromatic rings. The van der Waals surface area contributed by atoms with Crippen molar-refractivity contribution in [2.45, 2.75) is 37.4 Å². The van der Waals surface area contributed by atoms with E-state index in [0.717, 1.165) is 21.8 Å². The topological polar surface area (TPSA) is 72.5 Å². The van der Waals surface area contributed by atoms with Crippen LogP contribution in [-0.4, -0.2) is 14.3 Å². The number of nitrogens with one attached hydrogen (secondary N) is 1. The third-order valence-corrected chi connectivity index (χ3v) is 5.91. The highest BCUT2D eigenvalue weighted by Gasteiger charge is 2.19. The fraction of sp³-hybridized carbons (Fsp3) is 0.312. The van der Waals surface area contributed by atoms with E-state index in [-0.39, 0.29) is 16.0 Å². The molecule has 23 heavy (non-hydrogen) atoms. The molecule has 0 unspecified atom stereocenters. The van der Waals surface area contributed by atoms with E-state index in [1.807, 2.05) is 19.9 Å².